The number of nitrogens with one attached hydrogen (secondary N) is 2. The zero-order valence-corrected chi connectivity index (χ0v) is 12.2. The summed E-state index contributed by atoms with van der Waals surface area (Å²) in [4.78, 5) is 15.9. The van der Waals surface area contributed by atoms with Gasteiger partial charge in [0.25, 0.3) is 0 Å². The van der Waals surface area contributed by atoms with E-state index in [-0.39, 0.29) is 11.7 Å². The summed E-state index contributed by atoms with van der Waals surface area (Å²) in [6, 6.07) is 7.27. The molecule has 0 atom stereocenters. The number of benzene rings is 1. The molecule has 0 radical (unpaired) electrons. The molecule has 20 heavy (non-hydrogen) atoms. The number of rotatable bonds is 6. The number of anilines is 1. The van der Waals surface area contributed by atoms with E-state index in [9.17, 15) is 4.79 Å². The standard InChI is InChI=1S/C13H16N4O2S/c1-3-19-11-6-4-10(5-7-11)15-12(18)8-20-13-14-9(2)16-17-13/h4-7H,3,8H2,1-2H3,(H,15,18)(H,14,16,17). The van der Waals surface area contributed by atoms with Crippen molar-refractivity contribution in [3.8, 4) is 5.75 Å². The van der Waals surface area contributed by atoms with Crippen LogP contribution in [0.3, 0.4) is 0 Å². The highest BCUT2D eigenvalue weighted by atomic mass is 32.2. The molecule has 1 aromatic carbocycles. The first kappa shape index (κ1) is 14.4. The van der Waals surface area contributed by atoms with Crippen LogP contribution in [0.1, 0.15) is 12.7 Å². The van der Waals surface area contributed by atoms with Gasteiger partial charge in [0, 0.05) is 5.69 Å². The van der Waals surface area contributed by atoms with E-state index in [1.165, 1.54) is 11.8 Å². The van der Waals surface area contributed by atoms with Crippen LogP contribution in [-0.4, -0.2) is 33.4 Å². The van der Waals surface area contributed by atoms with E-state index in [4.69, 9.17) is 4.74 Å². The minimum Gasteiger partial charge on any atom is -0.494 e. The number of carbonyl (C=O) groups excluding carboxylic acids is 1. The van der Waals surface area contributed by atoms with Gasteiger partial charge in [0.1, 0.15) is 11.6 Å². The predicted octanol–water partition coefficient (Wildman–Crippen LogP) is 2.24. The van der Waals surface area contributed by atoms with Gasteiger partial charge in [-0.2, -0.15) is 0 Å². The van der Waals surface area contributed by atoms with Gasteiger partial charge in [-0.15, -0.1) is 5.10 Å². The van der Waals surface area contributed by atoms with Crippen molar-refractivity contribution in [3.63, 3.8) is 0 Å². The maximum absolute atomic E-state index is 11.8. The molecule has 0 aliphatic rings. The molecule has 0 fully saturated rings. The summed E-state index contributed by atoms with van der Waals surface area (Å²) in [5.41, 5.74) is 0.741. The highest BCUT2D eigenvalue weighted by Crippen LogP contribution is 2.17. The van der Waals surface area contributed by atoms with Crippen LogP contribution in [-0.2, 0) is 4.79 Å². The number of H-pyrrole nitrogens is 1. The Kier molecular flexibility index (Phi) is 5.00. The summed E-state index contributed by atoms with van der Waals surface area (Å²) in [5, 5.41) is 10.1. The highest BCUT2D eigenvalue weighted by Gasteiger charge is 2.06. The van der Waals surface area contributed by atoms with Crippen LogP contribution in [0.4, 0.5) is 5.69 Å². The maximum atomic E-state index is 11.8. The second-order valence-corrected chi connectivity index (χ2v) is 4.94. The average Bonchev–Trinajstić information content (AvgIpc) is 2.85. The van der Waals surface area contributed by atoms with Gasteiger partial charge < -0.3 is 10.1 Å². The number of hydrogen-bond acceptors (Lipinski definition) is 5. The second kappa shape index (κ2) is 6.95. The van der Waals surface area contributed by atoms with E-state index < -0.39 is 0 Å². The topological polar surface area (TPSA) is 79.9 Å². The molecule has 1 aromatic heterocycles. The summed E-state index contributed by atoms with van der Waals surface area (Å²) in [5.74, 6) is 1.70. The minimum atomic E-state index is -0.0957. The predicted molar refractivity (Wildman–Crippen MR) is 78.1 cm³/mol. The van der Waals surface area contributed by atoms with E-state index in [1.54, 1.807) is 0 Å². The number of ether oxygens (including phenoxy) is 1. The summed E-state index contributed by atoms with van der Waals surface area (Å²) in [6.07, 6.45) is 0. The molecular weight excluding hydrogens is 276 g/mol. The quantitative estimate of drug-likeness (QED) is 0.798. The van der Waals surface area contributed by atoms with E-state index in [0.29, 0.717) is 11.8 Å². The SMILES string of the molecule is CCOc1ccc(NC(=O)CSc2n[nH]c(C)n2)cc1. The molecule has 0 bridgehead atoms. The van der Waals surface area contributed by atoms with Crippen LogP contribution < -0.4 is 10.1 Å². The summed E-state index contributed by atoms with van der Waals surface area (Å²) in [7, 11) is 0. The van der Waals surface area contributed by atoms with Gasteiger partial charge in [-0.25, -0.2) is 4.98 Å². The summed E-state index contributed by atoms with van der Waals surface area (Å²) >= 11 is 1.29. The third-order valence-electron chi connectivity index (χ3n) is 2.36. The van der Waals surface area contributed by atoms with Crippen LogP contribution in [0, 0.1) is 6.92 Å². The molecule has 0 aliphatic heterocycles. The van der Waals surface area contributed by atoms with Gasteiger partial charge >= 0.3 is 0 Å². The van der Waals surface area contributed by atoms with Crippen molar-refractivity contribution in [2.45, 2.75) is 19.0 Å². The molecule has 2 rings (SSSR count). The fourth-order valence-corrected chi connectivity index (χ4v) is 2.16. The lowest BCUT2D eigenvalue weighted by molar-refractivity contribution is -0.113. The molecular formula is C13H16N4O2S. The van der Waals surface area contributed by atoms with Crippen molar-refractivity contribution in [1.82, 2.24) is 15.2 Å². The van der Waals surface area contributed by atoms with Crippen LogP contribution >= 0.6 is 11.8 Å². The van der Waals surface area contributed by atoms with Crippen LogP contribution in [0.5, 0.6) is 5.75 Å². The van der Waals surface area contributed by atoms with E-state index >= 15 is 0 Å². The molecule has 1 amide bonds. The second-order valence-electron chi connectivity index (χ2n) is 4.00. The maximum Gasteiger partial charge on any atom is 0.234 e. The highest BCUT2D eigenvalue weighted by molar-refractivity contribution is 7.99. The Morgan fingerprint density at radius 2 is 2.15 bits per heavy atom. The first-order chi connectivity index (χ1) is 9.67. The Morgan fingerprint density at radius 1 is 1.40 bits per heavy atom. The van der Waals surface area contributed by atoms with Crippen molar-refractivity contribution < 1.29 is 9.53 Å². The Bertz CT molecular complexity index is 568. The zero-order chi connectivity index (χ0) is 14.4. The van der Waals surface area contributed by atoms with Gasteiger partial charge in [0.2, 0.25) is 11.1 Å². The van der Waals surface area contributed by atoms with Crippen molar-refractivity contribution in [3.05, 3.63) is 30.1 Å². The van der Waals surface area contributed by atoms with Gasteiger partial charge in [0.05, 0.1) is 12.4 Å². The number of hydrogen-bond donors (Lipinski definition) is 2. The Hall–Kier alpha value is -2.02. The monoisotopic (exact) mass is 292 g/mol. The molecule has 6 nitrogen and oxygen atoms in total. The first-order valence-corrected chi connectivity index (χ1v) is 7.20. The lowest BCUT2D eigenvalue weighted by atomic mass is 10.3. The van der Waals surface area contributed by atoms with Crippen LogP contribution in [0.15, 0.2) is 29.4 Å². The molecule has 0 unspecified atom stereocenters. The molecule has 0 saturated carbocycles. The zero-order valence-electron chi connectivity index (χ0n) is 11.3. The Morgan fingerprint density at radius 3 is 2.75 bits per heavy atom. The number of thioether (sulfide) groups is 1. The van der Waals surface area contributed by atoms with Gasteiger partial charge in [-0.1, -0.05) is 11.8 Å². The number of aromatic amines is 1. The van der Waals surface area contributed by atoms with Crippen molar-refractivity contribution >= 4 is 23.4 Å². The number of aryl methyl sites for hydroxylation is 1. The Labute approximate surface area is 121 Å². The molecule has 106 valence electrons. The summed E-state index contributed by atoms with van der Waals surface area (Å²) < 4.78 is 5.34. The van der Waals surface area contributed by atoms with Gasteiger partial charge in [0.15, 0.2) is 0 Å². The molecule has 0 spiro atoms. The average molecular weight is 292 g/mol. The van der Waals surface area contributed by atoms with Gasteiger partial charge in [-0.05, 0) is 38.1 Å². The molecule has 7 heteroatoms. The number of amides is 1. The van der Waals surface area contributed by atoms with E-state index in [2.05, 4.69) is 20.5 Å². The fourth-order valence-electron chi connectivity index (χ4n) is 1.52. The molecule has 2 N–H and O–H groups in total. The molecule has 2 aromatic rings. The van der Waals surface area contributed by atoms with Crippen molar-refractivity contribution in [2.24, 2.45) is 0 Å². The van der Waals surface area contributed by atoms with Crippen molar-refractivity contribution in [1.29, 1.82) is 0 Å². The smallest absolute Gasteiger partial charge is 0.234 e. The van der Waals surface area contributed by atoms with Crippen molar-refractivity contribution in [2.75, 3.05) is 17.7 Å². The normalized spacial score (nSPS) is 10.3. The largest absolute Gasteiger partial charge is 0.494 e. The molecule has 0 saturated heterocycles. The molecule has 0 aliphatic carbocycles. The lowest BCUT2D eigenvalue weighted by Crippen LogP contribution is -2.14. The number of carbonyl (C=O) groups is 1. The first-order valence-electron chi connectivity index (χ1n) is 6.22. The minimum absolute atomic E-state index is 0.0957. The lowest BCUT2D eigenvalue weighted by Gasteiger charge is -2.06. The fraction of sp³-hybridized carbons (Fsp3) is 0.308. The third kappa shape index (κ3) is 4.27. The molecule has 1 heterocycles. The summed E-state index contributed by atoms with van der Waals surface area (Å²) in [6.45, 7) is 4.37. The van der Waals surface area contributed by atoms with Crippen LogP contribution in [0.2, 0.25) is 0 Å². The third-order valence-corrected chi connectivity index (χ3v) is 3.21. The Balaban J connectivity index is 1.81. The number of nitrogens with zero attached hydrogens (tertiary/aromatic N) is 2. The van der Waals surface area contributed by atoms with Crippen LogP contribution in [0.25, 0.3) is 0 Å². The van der Waals surface area contributed by atoms with Gasteiger partial charge in [-0.3, -0.25) is 9.89 Å². The van der Waals surface area contributed by atoms with E-state index in [1.807, 2.05) is 38.1 Å². The number of aromatic nitrogens is 3. The van der Waals surface area contributed by atoms with E-state index in [0.717, 1.165) is 17.3 Å².